The molecule has 0 saturated heterocycles. The van der Waals surface area contributed by atoms with E-state index in [1.54, 1.807) is 29.2 Å². The highest BCUT2D eigenvalue weighted by Crippen LogP contribution is 2.52. The number of halogens is 3. The monoisotopic (exact) mass is 513 g/mol. The van der Waals surface area contributed by atoms with Crippen molar-refractivity contribution in [3.63, 3.8) is 0 Å². The molecular weight excluding hydrogens is 492 g/mol. The molecule has 5 nitrogen and oxygen atoms in total. The Hall–Kier alpha value is -3.09. The van der Waals surface area contributed by atoms with Crippen LogP contribution in [0.25, 0.3) is 0 Å². The number of ether oxygens (including phenoxy) is 1. The number of carboxylic acid groups (broad SMARTS) is 1. The van der Waals surface area contributed by atoms with Crippen LogP contribution < -0.4 is 4.74 Å². The zero-order valence-corrected chi connectivity index (χ0v) is 20.1. The molecular formula is C27H22Cl2FNO4. The van der Waals surface area contributed by atoms with Gasteiger partial charge in [0.1, 0.15) is 11.6 Å². The van der Waals surface area contributed by atoms with Crippen LogP contribution in [0.4, 0.5) is 4.39 Å². The van der Waals surface area contributed by atoms with Crippen molar-refractivity contribution in [2.75, 3.05) is 13.2 Å². The van der Waals surface area contributed by atoms with Gasteiger partial charge < -0.3 is 14.7 Å². The van der Waals surface area contributed by atoms with E-state index in [9.17, 15) is 14.0 Å². The van der Waals surface area contributed by atoms with E-state index < -0.39 is 18.6 Å². The number of hydrogen-bond donors (Lipinski definition) is 1. The third-order valence-electron chi connectivity index (χ3n) is 6.65. The second-order valence-corrected chi connectivity index (χ2v) is 9.71. The summed E-state index contributed by atoms with van der Waals surface area (Å²) in [5.74, 6) is -1.37. The lowest BCUT2D eigenvalue weighted by Crippen LogP contribution is -2.42. The van der Waals surface area contributed by atoms with Gasteiger partial charge in [0.25, 0.3) is 0 Å². The summed E-state index contributed by atoms with van der Waals surface area (Å²) in [6, 6.07) is 16.4. The highest BCUT2D eigenvalue weighted by atomic mass is 35.5. The maximum absolute atomic E-state index is 14.0. The van der Waals surface area contributed by atoms with Crippen LogP contribution in [0, 0.1) is 11.7 Å². The Morgan fingerprint density at radius 2 is 1.83 bits per heavy atom. The lowest BCUT2D eigenvalue weighted by molar-refractivity contribution is -0.139. The molecule has 0 aromatic heterocycles. The minimum absolute atomic E-state index is 0.0287. The first-order chi connectivity index (χ1) is 16.8. The Labute approximate surface area is 212 Å². The number of carbonyl (C=O) groups is 2. The maximum atomic E-state index is 14.0. The Bertz CT molecular complexity index is 1310. The van der Waals surface area contributed by atoms with Crippen molar-refractivity contribution < 1.29 is 23.8 Å². The van der Waals surface area contributed by atoms with E-state index in [1.165, 1.54) is 12.1 Å². The van der Waals surface area contributed by atoms with Gasteiger partial charge in [0.2, 0.25) is 5.91 Å². The minimum Gasteiger partial charge on any atom is -0.482 e. The SMILES string of the molecule is O=C(O)COc1ccc(Cl)cc1C1c2ccc(F)cc2CCN1C(=O)C1CC1c1ccccc1Cl. The number of amides is 1. The second kappa shape index (κ2) is 9.51. The van der Waals surface area contributed by atoms with Crippen LogP contribution in [0.5, 0.6) is 5.75 Å². The van der Waals surface area contributed by atoms with Gasteiger partial charge in [-0.05, 0) is 71.8 Å². The van der Waals surface area contributed by atoms with Gasteiger partial charge in [-0.15, -0.1) is 0 Å². The van der Waals surface area contributed by atoms with Gasteiger partial charge in [0, 0.05) is 28.1 Å². The molecule has 0 spiro atoms. The number of hydrogen-bond acceptors (Lipinski definition) is 3. The molecule has 1 amide bonds. The maximum Gasteiger partial charge on any atom is 0.341 e. The van der Waals surface area contributed by atoms with Crippen molar-refractivity contribution in [2.45, 2.75) is 24.8 Å². The molecule has 8 heteroatoms. The van der Waals surface area contributed by atoms with Gasteiger partial charge >= 0.3 is 5.97 Å². The van der Waals surface area contributed by atoms with Gasteiger partial charge in [0.15, 0.2) is 6.61 Å². The van der Waals surface area contributed by atoms with Gasteiger partial charge in [-0.2, -0.15) is 0 Å². The fraction of sp³-hybridized carbons (Fsp3) is 0.259. The average molecular weight is 514 g/mol. The zero-order chi connectivity index (χ0) is 24.7. The van der Waals surface area contributed by atoms with Gasteiger partial charge in [-0.25, -0.2) is 9.18 Å². The average Bonchev–Trinajstić information content (AvgIpc) is 3.63. The normalized spacial score (nSPS) is 20.8. The van der Waals surface area contributed by atoms with Crippen molar-refractivity contribution in [3.8, 4) is 5.75 Å². The molecule has 1 saturated carbocycles. The largest absolute Gasteiger partial charge is 0.482 e. The molecule has 180 valence electrons. The second-order valence-electron chi connectivity index (χ2n) is 8.86. The summed E-state index contributed by atoms with van der Waals surface area (Å²) >= 11 is 12.7. The molecule has 3 aromatic carbocycles. The van der Waals surface area contributed by atoms with E-state index in [-0.39, 0.29) is 23.6 Å². The lowest BCUT2D eigenvalue weighted by atomic mass is 9.87. The van der Waals surface area contributed by atoms with E-state index in [4.69, 9.17) is 33.0 Å². The molecule has 2 aliphatic rings. The molecule has 0 bridgehead atoms. The summed E-state index contributed by atoms with van der Waals surface area (Å²) in [5.41, 5.74) is 3.08. The summed E-state index contributed by atoms with van der Waals surface area (Å²) < 4.78 is 19.6. The summed E-state index contributed by atoms with van der Waals surface area (Å²) in [5, 5.41) is 10.2. The van der Waals surface area contributed by atoms with Crippen LogP contribution in [0.1, 0.15) is 40.6 Å². The molecule has 3 atom stereocenters. The first kappa shape index (κ1) is 23.6. The van der Waals surface area contributed by atoms with Crippen LogP contribution in [0.15, 0.2) is 60.7 Å². The molecule has 35 heavy (non-hydrogen) atoms. The van der Waals surface area contributed by atoms with Crippen molar-refractivity contribution in [1.29, 1.82) is 0 Å². The zero-order valence-electron chi connectivity index (χ0n) is 18.6. The van der Waals surface area contributed by atoms with Crippen LogP contribution in [-0.4, -0.2) is 35.0 Å². The van der Waals surface area contributed by atoms with Gasteiger partial charge in [-0.1, -0.05) is 47.5 Å². The summed E-state index contributed by atoms with van der Waals surface area (Å²) in [4.78, 5) is 26.8. The minimum atomic E-state index is -1.12. The Morgan fingerprint density at radius 3 is 2.60 bits per heavy atom. The Morgan fingerprint density at radius 1 is 1.03 bits per heavy atom. The summed E-state index contributed by atoms with van der Waals surface area (Å²) in [6.07, 6.45) is 1.20. The van der Waals surface area contributed by atoms with Crippen molar-refractivity contribution in [2.24, 2.45) is 5.92 Å². The number of aliphatic carboxylic acids is 1. The summed E-state index contributed by atoms with van der Waals surface area (Å²) in [6.45, 7) is -0.153. The van der Waals surface area contributed by atoms with Crippen molar-refractivity contribution >= 4 is 35.1 Å². The van der Waals surface area contributed by atoms with E-state index in [2.05, 4.69) is 0 Å². The van der Waals surface area contributed by atoms with Gasteiger partial charge in [-0.3, -0.25) is 4.79 Å². The first-order valence-electron chi connectivity index (χ1n) is 11.3. The fourth-order valence-electron chi connectivity index (χ4n) is 4.97. The smallest absolute Gasteiger partial charge is 0.341 e. The third-order valence-corrected chi connectivity index (χ3v) is 7.23. The van der Waals surface area contributed by atoms with Crippen molar-refractivity contribution in [3.05, 3.63) is 98.8 Å². The molecule has 3 aromatic rings. The molecule has 3 unspecified atom stereocenters. The highest BCUT2D eigenvalue weighted by Gasteiger charge is 2.49. The lowest BCUT2D eigenvalue weighted by Gasteiger charge is -2.38. The third kappa shape index (κ3) is 4.73. The molecule has 5 rings (SSSR count). The van der Waals surface area contributed by atoms with E-state index in [1.807, 2.05) is 24.3 Å². The molecule has 1 aliphatic heterocycles. The molecule has 1 fully saturated rings. The van der Waals surface area contributed by atoms with Crippen LogP contribution in [0.2, 0.25) is 10.0 Å². The van der Waals surface area contributed by atoms with Crippen LogP contribution in [0.3, 0.4) is 0 Å². The van der Waals surface area contributed by atoms with Crippen LogP contribution >= 0.6 is 23.2 Å². The van der Waals surface area contributed by atoms with Gasteiger partial charge in [0.05, 0.1) is 6.04 Å². The number of carbonyl (C=O) groups excluding carboxylic acids is 1. The predicted molar refractivity (Wildman–Crippen MR) is 131 cm³/mol. The Kier molecular flexibility index (Phi) is 6.43. The van der Waals surface area contributed by atoms with E-state index in [0.29, 0.717) is 40.7 Å². The molecule has 1 aliphatic carbocycles. The predicted octanol–water partition coefficient (Wildman–Crippen LogP) is 5.87. The topological polar surface area (TPSA) is 66.8 Å². The van der Waals surface area contributed by atoms with Crippen molar-refractivity contribution in [1.82, 2.24) is 4.90 Å². The standard InChI is InChI=1S/C27H22Cl2FNO4/c28-16-5-8-24(35-14-25(32)33)22(12-16)26-18-7-6-17(30)11-15(18)9-10-31(26)27(34)21-13-20(21)19-3-1-2-4-23(19)29/h1-8,11-12,20-21,26H,9-10,13-14H2,(H,32,33). The van der Waals surface area contributed by atoms with E-state index in [0.717, 1.165) is 16.7 Å². The number of nitrogens with zero attached hydrogens (tertiary/aromatic N) is 1. The molecule has 0 radical (unpaired) electrons. The quantitative estimate of drug-likeness (QED) is 0.447. The summed E-state index contributed by atoms with van der Waals surface area (Å²) in [7, 11) is 0. The van der Waals surface area contributed by atoms with E-state index >= 15 is 0 Å². The number of fused-ring (bicyclic) bond motifs is 1. The first-order valence-corrected chi connectivity index (χ1v) is 12.1. The number of carboxylic acids is 1. The van der Waals surface area contributed by atoms with Crippen LogP contribution in [-0.2, 0) is 16.0 Å². The highest BCUT2D eigenvalue weighted by molar-refractivity contribution is 6.31. The molecule has 1 heterocycles. The Balaban J connectivity index is 1.54. The number of benzene rings is 3. The number of rotatable bonds is 6. The fourth-order valence-corrected chi connectivity index (χ4v) is 5.43. The molecule has 1 N–H and O–H groups in total.